The van der Waals surface area contributed by atoms with E-state index in [4.69, 9.17) is 11.6 Å². The van der Waals surface area contributed by atoms with Crippen LogP contribution in [0.25, 0.3) is 6.08 Å². The van der Waals surface area contributed by atoms with Gasteiger partial charge in [0.25, 0.3) is 9.84 Å². The molecule has 0 heterocycles. The zero-order valence-corrected chi connectivity index (χ0v) is 9.27. The van der Waals surface area contributed by atoms with Crippen LogP contribution < -0.4 is 0 Å². The van der Waals surface area contributed by atoms with Gasteiger partial charge in [0.2, 0.25) is 0 Å². The molecule has 88 valence electrons. The maximum Gasteiger partial charge on any atom is 0.501 e. The summed E-state index contributed by atoms with van der Waals surface area (Å²) < 4.78 is 57.1. The van der Waals surface area contributed by atoms with Crippen molar-refractivity contribution in [3.05, 3.63) is 40.3 Å². The largest absolute Gasteiger partial charge is 0.501 e. The molecule has 0 aliphatic heterocycles. The number of benzene rings is 1. The maximum absolute atomic E-state index is 11.9. The molecule has 1 aromatic rings. The van der Waals surface area contributed by atoms with Gasteiger partial charge in [0.05, 0.1) is 0 Å². The van der Waals surface area contributed by atoms with Crippen molar-refractivity contribution >= 4 is 27.5 Å². The number of hydrogen-bond donors (Lipinski definition) is 0. The van der Waals surface area contributed by atoms with Gasteiger partial charge in [-0.25, -0.2) is 8.42 Å². The summed E-state index contributed by atoms with van der Waals surface area (Å²) in [4.78, 5) is 0. The third kappa shape index (κ3) is 3.24. The lowest BCUT2D eigenvalue weighted by atomic mass is 10.2. The summed E-state index contributed by atoms with van der Waals surface area (Å²) in [5.74, 6) is 0. The number of hydrogen-bond acceptors (Lipinski definition) is 2. The summed E-state index contributed by atoms with van der Waals surface area (Å²) in [6.45, 7) is 0. The molecule has 0 saturated heterocycles. The van der Waals surface area contributed by atoms with Gasteiger partial charge in [-0.05, 0) is 23.8 Å². The lowest BCUT2D eigenvalue weighted by Crippen LogP contribution is -2.20. The molecule has 1 aromatic carbocycles. The first kappa shape index (κ1) is 13.1. The molecule has 0 bridgehead atoms. The van der Waals surface area contributed by atoms with Gasteiger partial charge < -0.3 is 0 Å². The Morgan fingerprint density at radius 1 is 1.12 bits per heavy atom. The van der Waals surface area contributed by atoms with Crippen LogP contribution in [0.1, 0.15) is 5.56 Å². The number of sulfone groups is 1. The minimum absolute atomic E-state index is 0.121. The highest BCUT2D eigenvalue weighted by molar-refractivity contribution is 7.95. The van der Waals surface area contributed by atoms with Crippen LogP contribution in [0.3, 0.4) is 0 Å². The van der Waals surface area contributed by atoms with Crippen molar-refractivity contribution < 1.29 is 21.6 Å². The summed E-state index contributed by atoms with van der Waals surface area (Å²) in [5.41, 5.74) is -4.95. The van der Waals surface area contributed by atoms with Crippen LogP contribution in [0.15, 0.2) is 29.7 Å². The molecule has 0 N–H and O–H groups in total. The Kier molecular flexibility index (Phi) is 3.64. The van der Waals surface area contributed by atoms with Crippen LogP contribution in [0.5, 0.6) is 0 Å². The Morgan fingerprint density at radius 2 is 1.62 bits per heavy atom. The topological polar surface area (TPSA) is 34.1 Å². The molecule has 0 aliphatic rings. The van der Waals surface area contributed by atoms with Crippen molar-refractivity contribution in [3.63, 3.8) is 0 Å². The van der Waals surface area contributed by atoms with Crippen molar-refractivity contribution in [1.29, 1.82) is 0 Å². The lowest BCUT2D eigenvalue weighted by Gasteiger charge is -2.02. The van der Waals surface area contributed by atoms with E-state index in [1.165, 1.54) is 24.3 Å². The quantitative estimate of drug-likeness (QED) is 0.827. The molecule has 0 atom stereocenters. The second kappa shape index (κ2) is 4.47. The third-order valence-electron chi connectivity index (χ3n) is 1.63. The Balaban J connectivity index is 2.94. The predicted octanol–water partition coefficient (Wildman–Crippen LogP) is 3.25. The first-order valence-electron chi connectivity index (χ1n) is 3.97. The fourth-order valence-electron chi connectivity index (χ4n) is 0.819. The van der Waals surface area contributed by atoms with Crippen molar-refractivity contribution in [2.45, 2.75) is 5.51 Å². The molecule has 0 unspecified atom stereocenters. The zero-order valence-electron chi connectivity index (χ0n) is 7.70. The van der Waals surface area contributed by atoms with Gasteiger partial charge in [-0.3, -0.25) is 0 Å². The van der Waals surface area contributed by atoms with Crippen LogP contribution >= 0.6 is 11.6 Å². The highest BCUT2D eigenvalue weighted by atomic mass is 35.5. The molecule has 0 amide bonds. The fraction of sp³-hybridized carbons (Fsp3) is 0.111. The molecule has 0 aromatic heterocycles. The SMILES string of the molecule is O=S(=O)(C=Cc1ccc(Cl)cc1)C(F)(F)F. The molecule has 0 fully saturated rings. The van der Waals surface area contributed by atoms with Crippen molar-refractivity contribution in [2.24, 2.45) is 0 Å². The van der Waals surface area contributed by atoms with E-state index in [2.05, 4.69) is 0 Å². The Bertz CT molecular complexity index is 488. The molecule has 0 saturated carbocycles. The predicted molar refractivity (Wildman–Crippen MR) is 55.5 cm³/mol. The molecule has 16 heavy (non-hydrogen) atoms. The monoisotopic (exact) mass is 270 g/mol. The molecular formula is C9H6ClF3O2S. The highest BCUT2D eigenvalue weighted by Gasteiger charge is 2.43. The zero-order chi connectivity index (χ0) is 12.4. The van der Waals surface area contributed by atoms with E-state index < -0.39 is 15.3 Å². The van der Waals surface area contributed by atoms with Crippen molar-refractivity contribution in [3.8, 4) is 0 Å². The van der Waals surface area contributed by atoms with E-state index in [0.29, 0.717) is 10.6 Å². The van der Waals surface area contributed by atoms with Gasteiger partial charge in [-0.15, -0.1) is 0 Å². The van der Waals surface area contributed by atoms with Gasteiger partial charge in [-0.2, -0.15) is 13.2 Å². The van der Waals surface area contributed by atoms with Gasteiger partial charge in [0, 0.05) is 10.4 Å². The molecule has 0 aliphatic carbocycles. The van der Waals surface area contributed by atoms with Crippen molar-refractivity contribution in [2.75, 3.05) is 0 Å². The average molecular weight is 271 g/mol. The summed E-state index contributed by atoms with van der Waals surface area (Å²) >= 11 is 5.55. The van der Waals surface area contributed by atoms with Crippen molar-refractivity contribution in [1.82, 2.24) is 0 Å². The Morgan fingerprint density at radius 3 is 2.06 bits per heavy atom. The van der Waals surface area contributed by atoms with E-state index in [9.17, 15) is 21.6 Å². The Hall–Kier alpha value is -1.01. The summed E-state index contributed by atoms with van der Waals surface area (Å²) in [7, 11) is -5.22. The summed E-state index contributed by atoms with van der Waals surface area (Å²) in [6.07, 6.45) is 0.860. The van der Waals surface area contributed by atoms with Crippen LogP contribution in [-0.4, -0.2) is 13.9 Å². The second-order valence-electron chi connectivity index (χ2n) is 2.85. The maximum atomic E-state index is 11.9. The van der Waals surface area contributed by atoms with E-state index in [1.807, 2.05) is 0 Å². The standard InChI is InChI=1S/C9H6ClF3O2S/c10-8-3-1-7(2-4-8)5-6-16(14,15)9(11,12)13/h1-6H. The van der Waals surface area contributed by atoms with Gasteiger partial charge in [0.15, 0.2) is 0 Å². The first-order chi connectivity index (χ1) is 7.22. The lowest BCUT2D eigenvalue weighted by molar-refractivity contribution is -0.0423. The minimum atomic E-state index is -5.27. The smallest absolute Gasteiger partial charge is 0.215 e. The van der Waals surface area contributed by atoms with Crippen LogP contribution in [0.4, 0.5) is 13.2 Å². The second-order valence-corrected chi connectivity index (χ2v) is 5.11. The average Bonchev–Trinajstić information content (AvgIpc) is 2.15. The molecule has 7 heteroatoms. The minimum Gasteiger partial charge on any atom is -0.215 e. The van der Waals surface area contributed by atoms with Crippen LogP contribution in [0.2, 0.25) is 5.02 Å². The fourth-order valence-corrected chi connectivity index (χ4v) is 1.44. The van der Waals surface area contributed by atoms with E-state index in [-0.39, 0.29) is 5.41 Å². The summed E-state index contributed by atoms with van der Waals surface area (Å²) in [5, 5.41) is 0.534. The number of rotatable bonds is 2. The first-order valence-corrected chi connectivity index (χ1v) is 5.90. The normalized spacial score (nSPS) is 13.2. The van der Waals surface area contributed by atoms with Crippen LogP contribution in [0, 0.1) is 0 Å². The molecular weight excluding hydrogens is 265 g/mol. The Labute approximate surface area is 95.3 Å². The van der Waals surface area contributed by atoms with Gasteiger partial charge >= 0.3 is 5.51 Å². The van der Waals surface area contributed by atoms with E-state index >= 15 is 0 Å². The number of halogens is 4. The van der Waals surface area contributed by atoms with E-state index in [0.717, 1.165) is 6.08 Å². The highest BCUT2D eigenvalue weighted by Crippen LogP contribution is 2.25. The third-order valence-corrected chi connectivity index (χ3v) is 3.02. The van der Waals surface area contributed by atoms with E-state index in [1.54, 1.807) is 0 Å². The molecule has 0 spiro atoms. The van der Waals surface area contributed by atoms with Gasteiger partial charge in [0.1, 0.15) is 0 Å². The molecule has 1 rings (SSSR count). The number of alkyl halides is 3. The van der Waals surface area contributed by atoms with Gasteiger partial charge in [-0.1, -0.05) is 23.7 Å². The molecule has 0 radical (unpaired) electrons. The van der Waals surface area contributed by atoms with Crippen LogP contribution in [-0.2, 0) is 9.84 Å². The molecule has 2 nitrogen and oxygen atoms in total. The summed E-state index contributed by atoms with van der Waals surface area (Å²) in [6, 6.07) is 5.71.